The fourth-order valence-electron chi connectivity index (χ4n) is 3.04. The Kier molecular flexibility index (Phi) is 6.76. The first-order valence-electron chi connectivity index (χ1n) is 7.92. The highest BCUT2D eigenvalue weighted by Crippen LogP contribution is 2.25. The molecule has 0 aromatic heterocycles. The second kappa shape index (κ2) is 8.58. The van der Waals surface area contributed by atoms with Crippen molar-refractivity contribution in [1.29, 1.82) is 0 Å². The summed E-state index contributed by atoms with van der Waals surface area (Å²) >= 11 is 0. The lowest BCUT2D eigenvalue weighted by atomic mass is 10.1. The molecule has 0 radical (unpaired) electrons. The topological polar surface area (TPSA) is 52.9 Å². The maximum atomic E-state index is 13.4. The van der Waals surface area contributed by atoms with Crippen LogP contribution in [0, 0.1) is 11.7 Å². The van der Waals surface area contributed by atoms with Gasteiger partial charge in [0.1, 0.15) is 5.82 Å². The number of benzene rings is 1. The van der Waals surface area contributed by atoms with Gasteiger partial charge in [-0.3, -0.25) is 0 Å². The molecule has 4 nitrogen and oxygen atoms in total. The second-order valence-electron chi connectivity index (χ2n) is 6.24. The van der Waals surface area contributed by atoms with E-state index >= 15 is 0 Å². The molecule has 0 heterocycles. The normalized spacial score (nSPS) is 23.1. The Morgan fingerprint density at radius 1 is 1.36 bits per heavy atom. The third-order valence-electron chi connectivity index (χ3n) is 4.21. The highest BCUT2D eigenvalue weighted by atomic mass is 19.1. The monoisotopic (exact) mass is 311 g/mol. The molecule has 1 fully saturated rings. The molecule has 0 spiro atoms. The van der Waals surface area contributed by atoms with Crippen LogP contribution < -0.4 is 0 Å². The second-order valence-corrected chi connectivity index (χ2v) is 6.24. The zero-order valence-corrected chi connectivity index (χ0v) is 13.1. The van der Waals surface area contributed by atoms with Gasteiger partial charge < -0.3 is 19.8 Å². The molecule has 1 aliphatic rings. The van der Waals surface area contributed by atoms with Crippen molar-refractivity contribution in [3.8, 4) is 0 Å². The minimum absolute atomic E-state index is 0.161. The largest absolute Gasteiger partial charge is 0.393 e. The summed E-state index contributed by atoms with van der Waals surface area (Å²) in [6.07, 6.45) is 2.18. The number of hydrogen-bond donors (Lipinski definition) is 2. The number of hydrogen-bond acceptors (Lipinski definition) is 4. The van der Waals surface area contributed by atoms with Crippen LogP contribution in [-0.4, -0.2) is 54.1 Å². The van der Waals surface area contributed by atoms with Gasteiger partial charge in [0.2, 0.25) is 0 Å². The lowest BCUT2D eigenvalue weighted by Gasteiger charge is -2.25. The van der Waals surface area contributed by atoms with Gasteiger partial charge in [-0.05, 0) is 31.9 Å². The average molecular weight is 311 g/mol. The highest BCUT2D eigenvalue weighted by Gasteiger charge is 2.26. The molecule has 1 aliphatic carbocycles. The molecule has 0 saturated heterocycles. The Balaban J connectivity index is 1.65. The van der Waals surface area contributed by atoms with Crippen LogP contribution in [-0.2, 0) is 11.3 Å². The van der Waals surface area contributed by atoms with Crippen LogP contribution in [0.25, 0.3) is 0 Å². The Labute approximate surface area is 131 Å². The number of aliphatic hydroxyl groups is 2. The fraction of sp³-hybridized carbons (Fsp3) is 0.647. The van der Waals surface area contributed by atoms with Crippen molar-refractivity contribution in [3.05, 3.63) is 35.6 Å². The molecule has 1 aromatic carbocycles. The maximum Gasteiger partial charge on any atom is 0.128 e. The maximum absolute atomic E-state index is 13.4. The quantitative estimate of drug-likeness (QED) is 0.769. The molecule has 0 bridgehead atoms. The molecular formula is C17H26FNO3. The van der Waals surface area contributed by atoms with Crippen molar-refractivity contribution < 1.29 is 19.3 Å². The minimum atomic E-state index is -0.615. The summed E-state index contributed by atoms with van der Waals surface area (Å²) in [7, 11) is 1.94. The Morgan fingerprint density at radius 3 is 2.82 bits per heavy atom. The Bertz CT molecular complexity index is 457. The van der Waals surface area contributed by atoms with E-state index in [1.54, 1.807) is 18.2 Å². The summed E-state index contributed by atoms with van der Waals surface area (Å²) in [4.78, 5) is 2.02. The van der Waals surface area contributed by atoms with E-state index in [4.69, 9.17) is 4.74 Å². The summed E-state index contributed by atoms with van der Waals surface area (Å²) in [5.41, 5.74) is 0.497. The number of likely N-dealkylation sites (N-methyl/N-ethyl adjacent to an activating group) is 1. The van der Waals surface area contributed by atoms with E-state index < -0.39 is 6.10 Å². The Hall–Kier alpha value is -1.01. The first kappa shape index (κ1) is 17.3. The third-order valence-corrected chi connectivity index (χ3v) is 4.21. The lowest BCUT2D eigenvalue weighted by Crippen LogP contribution is -2.37. The van der Waals surface area contributed by atoms with Gasteiger partial charge in [0.15, 0.2) is 0 Å². The number of aliphatic hydroxyl groups excluding tert-OH is 2. The summed E-state index contributed by atoms with van der Waals surface area (Å²) in [5.74, 6) is 0.0147. The van der Waals surface area contributed by atoms with Gasteiger partial charge in [0.05, 0.1) is 25.4 Å². The first-order valence-corrected chi connectivity index (χ1v) is 7.92. The van der Waals surface area contributed by atoms with Gasteiger partial charge in [-0.2, -0.15) is 0 Å². The summed E-state index contributed by atoms with van der Waals surface area (Å²) in [6.45, 7) is 1.60. The van der Waals surface area contributed by atoms with E-state index in [0.717, 1.165) is 25.8 Å². The van der Waals surface area contributed by atoms with Crippen molar-refractivity contribution >= 4 is 0 Å². The number of nitrogens with zero attached hydrogens (tertiary/aromatic N) is 1. The van der Waals surface area contributed by atoms with E-state index in [-0.39, 0.29) is 25.1 Å². The van der Waals surface area contributed by atoms with Crippen LogP contribution >= 0.6 is 0 Å². The molecule has 124 valence electrons. The zero-order valence-electron chi connectivity index (χ0n) is 13.1. The van der Waals surface area contributed by atoms with Crippen LogP contribution in [0.3, 0.4) is 0 Å². The van der Waals surface area contributed by atoms with Crippen molar-refractivity contribution in [2.75, 3.05) is 26.7 Å². The van der Waals surface area contributed by atoms with Crippen LogP contribution in [0.2, 0.25) is 0 Å². The van der Waals surface area contributed by atoms with Crippen LogP contribution in [0.1, 0.15) is 24.8 Å². The molecular weight excluding hydrogens is 285 g/mol. The predicted octanol–water partition coefficient (Wildman–Crippen LogP) is 1.80. The number of rotatable bonds is 8. The summed E-state index contributed by atoms with van der Waals surface area (Å²) < 4.78 is 18.8. The number of halogens is 1. The summed E-state index contributed by atoms with van der Waals surface area (Å²) in [5, 5.41) is 19.8. The molecule has 1 aromatic rings. The van der Waals surface area contributed by atoms with E-state index in [2.05, 4.69) is 0 Å². The smallest absolute Gasteiger partial charge is 0.128 e. The number of ether oxygens (including phenoxy) is 1. The van der Waals surface area contributed by atoms with Crippen LogP contribution in [0.4, 0.5) is 4.39 Å². The van der Waals surface area contributed by atoms with Crippen LogP contribution in [0.5, 0.6) is 0 Å². The van der Waals surface area contributed by atoms with E-state index in [1.165, 1.54) is 6.07 Å². The molecule has 0 amide bonds. The first-order chi connectivity index (χ1) is 10.6. The lowest BCUT2D eigenvalue weighted by molar-refractivity contribution is 0.00777. The molecule has 1 saturated carbocycles. The third kappa shape index (κ3) is 5.32. The summed E-state index contributed by atoms with van der Waals surface area (Å²) in [6, 6.07) is 6.48. The van der Waals surface area contributed by atoms with E-state index in [1.807, 2.05) is 11.9 Å². The van der Waals surface area contributed by atoms with Gasteiger partial charge in [-0.1, -0.05) is 24.6 Å². The molecule has 3 unspecified atom stereocenters. The van der Waals surface area contributed by atoms with Gasteiger partial charge in [0.25, 0.3) is 0 Å². The SMILES string of the molecule is CN(CC(O)COCc1ccccc1F)CC1CCCC1O. The molecule has 3 atom stereocenters. The molecule has 2 N–H and O–H groups in total. The average Bonchev–Trinajstić information content (AvgIpc) is 2.86. The van der Waals surface area contributed by atoms with Crippen molar-refractivity contribution in [2.45, 2.75) is 38.1 Å². The van der Waals surface area contributed by atoms with Crippen molar-refractivity contribution in [3.63, 3.8) is 0 Å². The fourth-order valence-corrected chi connectivity index (χ4v) is 3.04. The molecule has 0 aliphatic heterocycles. The van der Waals surface area contributed by atoms with Gasteiger partial charge >= 0.3 is 0 Å². The molecule has 5 heteroatoms. The van der Waals surface area contributed by atoms with Gasteiger partial charge in [0, 0.05) is 18.7 Å². The van der Waals surface area contributed by atoms with E-state index in [9.17, 15) is 14.6 Å². The van der Waals surface area contributed by atoms with Crippen LogP contribution in [0.15, 0.2) is 24.3 Å². The van der Waals surface area contributed by atoms with Crippen molar-refractivity contribution in [1.82, 2.24) is 4.90 Å². The van der Waals surface area contributed by atoms with Crippen molar-refractivity contribution in [2.24, 2.45) is 5.92 Å². The standard InChI is InChI=1S/C17H26FNO3/c1-19(9-13-6-4-8-17(13)21)10-15(20)12-22-11-14-5-2-3-7-16(14)18/h2-3,5,7,13,15,17,20-21H,4,6,8-12H2,1H3. The van der Waals surface area contributed by atoms with Gasteiger partial charge in [-0.25, -0.2) is 4.39 Å². The zero-order chi connectivity index (χ0) is 15.9. The predicted molar refractivity (Wildman–Crippen MR) is 82.9 cm³/mol. The Morgan fingerprint density at radius 2 is 2.14 bits per heavy atom. The van der Waals surface area contributed by atoms with E-state index in [0.29, 0.717) is 18.0 Å². The minimum Gasteiger partial charge on any atom is -0.393 e. The highest BCUT2D eigenvalue weighted by molar-refractivity contribution is 5.16. The molecule has 2 rings (SSSR count). The van der Waals surface area contributed by atoms with Gasteiger partial charge in [-0.15, -0.1) is 0 Å². The molecule has 22 heavy (non-hydrogen) atoms.